The topological polar surface area (TPSA) is 108 Å². The average Bonchev–Trinajstić information content (AvgIpc) is 3.24. The standard InChI is InChI=1S/C25H40N4O5/c1-28(2)15-22(31)29-8-4-5-20(29)23(32)26-19(24(33)34-3)6-7-21(30)27-25-12-16-9-17(13-25)11-18(10-16)14-25/h16-20H,4-15H2,1-3H3,(H,26,32)(H,27,30)/t16?,17?,18?,19-,20-,25?/m0/s1. The Bertz CT molecular complexity index is 778. The van der Waals surface area contributed by atoms with Gasteiger partial charge in [-0.1, -0.05) is 0 Å². The maximum Gasteiger partial charge on any atom is 0.328 e. The number of methoxy groups -OCH3 is 1. The molecule has 4 bridgehead atoms. The third-order valence-corrected chi connectivity index (χ3v) is 8.23. The third kappa shape index (κ3) is 5.56. The van der Waals surface area contributed by atoms with Crippen molar-refractivity contribution in [2.24, 2.45) is 17.8 Å². The molecule has 34 heavy (non-hydrogen) atoms. The van der Waals surface area contributed by atoms with Crippen LogP contribution in [0.3, 0.4) is 0 Å². The molecule has 5 fully saturated rings. The number of carbonyl (C=O) groups is 4. The lowest BCUT2D eigenvalue weighted by Crippen LogP contribution is -2.60. The number of amides is 3. The molecular weight excluding hydrogens is 436 g/mol. The van der Waals surface area contributed by atoms with Gasteiger partial charge < -0.3 is 25.2 Å². The van der Waals surface area contributed by atoms with Crippen LogP contribution in [0.25, 0.3) is 0 Å². The van der Waals surface area contributed by atoms with Gasteiger partial charge in [0.15, 0.2) is 0 Å². The Kier molecular flexibility index (Phi) is 7.50. The van der Waals surface area contributed by atoms with E-state index < -0.39 is 18.1 Å². The highest BCUT2D eigenvalue weighted by Crippen LogP contribution is 2.55. The van der Waals surface area contributed by atoms with Gasteiger partial charge in [0.05, 0.1) is 13.7 Å². The number of nitrogens with zero attached hydrogens (tertiary/aromatic N) is 2. The lowest BCUT2D eigenvalue weighted by atomic mass is 9.53. The molecule has 4 aliphatic carbocycles. The number of rotatable bonds is 9. The molecule has 0 aromatic rings. The van der Waals surface area contributed by atoms with Crippen LogP contribution in [0.15, 0.2) is 0 Å². The van der Waals surface area contributed by atoms with Crippen molar-refractivity contribution in [3.05, 3.63) is 0 Å². The molecule has 4 saturated carbocycles. The van der Waals surface area contributed by atoms with Gasteiger partial charge >= 0.3 is 5.97 Å². The van der Waals surface area contributed by atoms with Crippen molar-refractivity contribution in [2.45, 2.75) is 81.8 Å². The van der Waals surface area contributed by atoms with Crippen LogP contribution in [0.4, 0.5) is 0 Å². The zero-order valence-corrected chi connectivity index (χ0v) is 20.8. The monoisotopic (exact) mass is 476 g/mol. The molecule has 0 aromatic carbocycles. The molecule has 1 heterocycles. The molecule has 2 N–H and O–H groups in total. The summed E-state index contributed by atoms with van der Waals surface area (Å²) in [5.41, 5.74) is -0.0764. The van der Waals surface area contributed by atoms with Crippen LogP contribution in [-0.2, 0) is 23.9 Å². The van der Waals surface area contributed by atoms with Crippen LogP contribution in [-0.4, -0.2) is 85.4 Å². The normalized spacial score (nSPS) is 32.5. The molecule has 0 radical (unpaired) electrons. The van der Waals surface area contributed by atoms with Gasteiger partial charge in [-0.05, 0) is 89.6 Å². The van der Waals surface area contributed by atoms with E-state index in [9.17, 15) is 19.2 Å². The van der Waals surface area contributed by atoms with E-state index in [1.807, 2.05) is 14.1 Å². The molecule has 5 rings (SSSR count). The fraction of sp³-hybridized carbons (Fsp3) is 0.840. The minimum atomic E-state index is -0.911. The number of esters is 1. The zero-order chi connectivity index (χ0) is 24.5. The van der Waals surface area contributed by atoms with Crippen LogP contribution < -0.4 is 10.6 Å². The van der Waals surface area contributed by atoms with E-state index in [1.54, 1.807) is 9.80 Å². The van der Waals surface area contributed by atoms with Crippen molar-refractivity contribution >= 4 is 23.7 Å². The van der Waals surface area contributed by atoms with E-state index in [0.717, 1.165) is 43.4 Å². The van der Waals surface area contributed by atoms with E-state index in [2.05, 4.69) is 10.6 Å². The van der Waals surface area contributed by atoms with Crippen molar-refractivity contribution in [3.63, 3.8) is 0 Å². The number of carbonyl (C=O) groups excluding carboxylic acids is 4. The SMILES string of the molecule is COC(=O)[C@H](CCC(=O)NC12CC3CC(CC(C3)C1)C2)NC(=O)[C@@H]1CCCN1C(=O)CN(C)C. The second-order valence-corrected chi connectivity index (χ2v) is 11.4. The largest absolute Gasteiger partial charge is 0.467 e. The van der Waals surface area contributed by atoms with E-state index in [0.29, 0.717) is 13.0 Å². The second-order valence-electron chi connectivity index (χ2n) is 11.4. The number of likely N-dealkylation sites (tertiary alicyclic amines) is 1. The summed E-state index contributed by atoms with van der Waals surface area (Å²) >= 11 is 0. The van der Waals surface area contributed by atoms with Crippen molar-refractivity contribution in [1.82, 2.24) is 20.4 Å². The Hall–Kier alpha value is -2.16. The van der Waals surface area contributed by atoms with Gasteiger partial charge in [0.25, 0.3) is 0 Å². The maximum absolute atomic E-state index is 13.0. The molecule has 9 heteroatoms. The minimum absolute atomic E-state index is 0.0613. The molecule has 1 saturated heterocycles. The van der Waals surface area contributed by atoms with Crippen molar-refractivity contribution < 1.29 is 23.9 Å². The summed E-state index contributed by atoms with van der Waals surface area (Å²) in [6, 6.07) is -1.51. The minimum Gasteiger partial charge on any atom is -0.467 e. The fourth-order valence-corrected chi connectivity index (χ4v) is 7.26. The molecular formula is C25H40N4O5. The fourth-order valence-electron chi connectivity index (χ4n) is 7.26. The van der Waals surface area contributed by atoms with Crippen LogP contribution >= 0.6 is 0 Å². The van der Waals surface area contributed by atoms with Crippen molar-refractivity contribution in [1.29, 1.82) is 0 Å². The molecule has 190 valence electrons. The molecule has 2 atom stereocenters. The highest BCUT2D eigenvalue weighted by molar-refractivity contribution is 5.91. The Morgan fingerprint density at radius 1 is 1.06 bits per heavy atom. The molecule has 0 unspecified atom stereocenters. The summed E-state index contributed by atoms with van der Waals surface area (Å²) in [5.74, 6) is 1.11. The van der Waals surface area contributed by atoms with Crippen LogP contribution in [0, 0.1) is 17.8 Å². The van der Waals surface area contributed by atoms with E-state index in [4.69, 9.17) is 4.74 Å². The zero-order valence-electron chi connectivity index (χ0n) is 20.8. The predicted octanol–water partition coefficient (Wildman–Crippen LogP) is 1.06. The lowest BCUT2D eigenvalue weighted by Gasteiger charge is -2.57. The first-order chi connectivity index (χ1) is 16.2. The van der Waals surface area contributed by atoms with Gasteiger partial charge in [0, 0.05) is 18.5 Å². The number of likely N-dealkylation sites (N-methyl/N-ethyl adjacent to an activating group) is 1. The number of hydrogen-bond donors (Lipinski definition) is 2. The summed E-state index contributed by atoms with van der Waals surface area (Å²) in [6.45, 7) is 0.760. The summed E-state index contributed by atoms with van der Waals surface area (Å²) in [5, 5.41) is 6.09. The predicted molar refractivity (Wildman–Crippen MR) is 126 cm³/mol. The highest BCUT2D eigenvalue weighted by atomic mass is 16.5. The summed E-state index contributed by atoms with van der Waals surface area (Å²) in [6.07, 6.45) is 8.76. The quantitative estimate of drug-likeness (QED) is 0.482. The summed E-state index contributed by atoms with van der Waals surface area (Å²) in [7, 11) is 4.90. The summed E-state index contributed by atoms with van der Waals surface area (Å²) in [4.78, 5) is 54.2. The van der Waals surface area contributed by atoms with Gasteiger partial charge in [-0.15, -0.1) is 0 Å². The maximum atomic E-state index is 13.0. The smallest absolute Gasteiger partial charge is 0.328 e. The van der Waals surface area contributed by atoms with Crippen molar-refractivity contribution in [2.75, 3.05) is 34.3 Å². The molecule has 5 aliphatic rings. The van der Waals surface area contributed by atoms with Crippen LogP contribution in [0.5, 0.6) is 0 Å². The van der Waals surface area contributed by atoms with Gasteiger partial charge in [-0.25, -0.2) is 4.79 Å². The first kappa shape index (κ1) is 24.9. The first-order valence-corrected chi connectivity index (χ1v) is 12.8. The van der Waals surface area contributed by atoms with Gasteiger partial charge in [0.1, 0.15) is 12.1 Å². The lowest BCUT2D eigenvalue weighted by molar-refractivity contribution is -0.146. The van der Waals surface area contributed by atoms with Crippen molar-refractivity contribution in [3.8, 4) is 0 Å². The summed E-state index contributed by atoms with van der Waals surface area (Å²) < 4.78 is 4.90. The van der Waals surface area contributed by atoms with E-state index in [1.165, 1.54) is 26.4 Å². The van der Waals surface area contributed by atoms with Crippen LogP contribution in [0.2, 0.25) is 0 Å². The van der Waals surface area contributed by atoms with Gasteiger partial charge in [0.2, 0.25) is 17.7 Å². The molecule has 0 aromatic heterocycles. The average molecular weight is 477 g/mol. The van der Waals surface area contributed by atoms with Gasteiger partial charge in [-0.3, -0.25) is 14.4 Å². The molecule has 1 aliphatic heterocycles. The van der Waals surface area contributed by atoms with E-state index in [-0.39, 0.29) is 42.6 Å². The molecule has 3 amide bonds. The van der Waals surface area contributed by atoms with Gasteiger partial charge in [-0.2, -0.15) is 0 Å². The Labute approximate surface area is 202 Å². The number of ether oxygens (including phenoxy) is 1. The first-order valence-electron chi connectivity index (χ1n) is 12.8. The number of nitrogens with one attached hydrogen (secondary N) is 2. The van der Waals surface area contributed by atoms with Crippen LogP contribution in [0.1, 0.15) is 64.2 Å². The Morgan fingerprint density at radius 2 is 1.68 bits per heavy atom. The molecule has 9 nitrogen and oxygen atoms in total. The number of hydrogen-bond acceptors (Lipinski definition) is 6. The third-order valence-electron chi connectivity index (χ3n) is 8.23. The second kappa shape index (κ2) is 10.2. The molecule has 0 spiro atoms. The Balaban J connectivity index is 1.31. The highest BCUT2D eigenvalue weighted by Gasteiger charge is 2.51. The Morgan fingerprint density at radius 3 is 2.24 bits per heavy atom. The van der Waals surface area contributed by atoms with E-state index >= 15 is 0 Å².